The largest absolute Gasteiger partial charge is 0.357 e. The molecule has 2 aromatic rings. The number of nitrogens with zero attached hydrogens (tertiary/aromatic N) is 3. The van der Waals surface area contributed by atoms with E-state index in [9.17, 15) is 0 Å². The van der Waals surface area contributed by atoms with Gasteiger partial charge < -0.3 is 10.6 Å². The van der Waals surface area contributed by atoms with Gasteiger partial charge in [0.15, 0.2) is 5.96 Å². The van der Waals surface area contributed by atoms with E-state index in [-0.39, 0.29) is 24.0 Å². The number of aryl methyl sites for hydroxylation is 1. The minimum Gasteiger partial charge on any atom is -0.357 e. The Hall–Kier alpha value is -1.28. The second-order valence-corrected chi connectivity index (χ2v) is 5.24. The lowest BCUT2D eigenvalue weighted by Gasteiger charge is -2.11. The molecule has 0 fully saturated rings. The highest BCUT2D eigenvalue weighted by atomic mass is 127. The Morgan fingerprint density at radius 2 is 2.09 bits per heavy atom. The molecular formula is C16H23ClIN5. The maximum atomic E-state index is 6.15. The summed E-state index contributed by atoms with van der Waals surface area (Å²) in [5, 5.41) is 11.5. The number of nitrogens with one attached hydrogen (secondary N) is 2. The van der Waals surface area contributed by atoms with Gasteiger partial charge in [0.2, 0.25) is 0 Å². The number of hydrogen-bond donors (Lipinski definition) is 2. The summed E-state index contributed by atoms with van der Waals surface area (Å²) in [6.45, 7) is 5.18. The van der Waals surface area contributed by atoms with E-state index >= 15 is 0 Å². The Morgan fingerprint density at radius 3 is 2.78 bits per heavy atom. The molecule has 0 saturated carbocycles. The molecular weight excluding hydrogens is 425 g/mol. The minimum atomic E-state index is 0. The molecule has 23 heavy (non-hydrogen) atoms. The van der Waals surface area contributed by atoms with Crippen molar-refractivity contribution in [2.75, 3.05) is 13.1 Å². The maximum Gasteiger partial charge on any atom is 0.191 e. The van der Waals surface area contributed by atoms with Crippen molar-refractivity contribution in [3.8, 4) is 0 Å². The summed E-state index contributed by atoms with van der Waals surface area (Å²) < 4.78 is 1.93. The van der Waals surface area contributed by atoms with Gasteiger partial charge in [-0.3, -0.25) is 4.68 Å². The van der Waals surface area contributed by atoms with E-state index in [0.717, 1.165) is 42.6 Å². The monoisotopic (exact) mass is 447 g/mol. The lowest BCUT2D eigenvalue weighted by atomic mass is 10.2. The number of aliphatic imine (C=N–C) groups is 1. The summed E-state index contributed by atoms with van der Waals surface area (Å²) in [5.41, 5.74) is 1.03. The highest BCUT2D eigenvalue weighted by Gasteiger charge is 2.00. The lowest BCUT2D eigenvalue weighted by molar-refractivity contribution is 0.570. The summed E-state index contributed by atoms with van der Waals surface area (Å²) in [4.78, 5) is 4.57. The van der Waals surface area contributed by atoms with Crippen molar-refractivity contribution in [2.45, 2.75) is 26.4 Å². The molecule has 0 aliphatic carbocycles. The van der Waals surface area contributed by atoms with Crippen LogP contribution < -0.4 is 10.6 Å². The van der Waals surface area contributed by atoms with Crippen LogP contribution in [-0.2, 0) is 13.1 Å². The third-order valence-corrected chi connectivity index (χ3v) is 3.49. The van der Waals surface area contributed by atoms with E-state index in [1.54, 1.807) is 6.20 Å². The van der Waals surface area contributed by atoms with Gasteiger partial charge in [-0.15, -0.1) is 24.0 Å². The van der Waals surface area contributed by atoms with E-state index < -0.39 is 0 Å². The van der Waals surface area contributed by atoms with Crippen LogP contribution in [0.5, 0.6) is 0 Å². The first kappa shape index (κ1) is 19.8. The molecule has 126 valence electrons. The maximum absolute atomic E-state index is 6.15. The van der Waals surface area contributed by atoms with Gasteiger partial charge in [0, 0.05) is 37.1 Å². The highest BCUT2D eigenvalue weighted by molar-refractivity contribution is 14.0. The fourth-order valence-corrected chi connectivity index (χ4v) is 2.21. The van der Waals surface area contributed by atoms with Crippen LogP contribution in [0.15, 0.2) is 47.7 Å². The molecule has 2 N–H and O–H groups in total. The van der Waals surface area contributed by atoms with Crippen LogP contribution in [0.25, 0.3) is 0 Å². The highest BCUT2D eigenvalue weighted by Crippen LogP contribution is 2.15. The average Bonchev–Trinajstić information content (AvgIpc) is 3.03. The van der Waals surface area contributed by atoms with Gasteiger partial charge in [0.1, 0.15) is 0 Å². The molecule has 0 bridgehead atoms. The van der Waals surface area contributed by atoms with Crippen molar-refractivity contribution in [3.05, 3.63) is 53.3 Å². The van der Waals surface area contributed by atoms with E-state index in [0.29, 0.717) is 6.54 Å². The van der Waals surface area contributed by atoms with Crippen molar-refractivity contribution in [1.82, 2.24) is 20.4 Å². The summed E-state index contributed by atoms with van der Waals surface area (Å²) in [6, 6.07) is 9.71. The third-order valence-electron chi connectivity index (χ3n) is 3.13. The molecule has 7 heteroatoms. The molecule has 0 saturated heterocycles. The van der Waals surface area contributed by atoms with Crippen LogP contribution in [-0.4, -0.2) is 28.8 Å². The third kappa shape index (κ3) is 7.22. The van der Waals surface area contributed by atoms with Crippen molar-refractivity contribution < 1.29 is 0 Å². The Kier molecular flexibility index (Phi) is 9.70. The Morgan fingerprint density at radius 1 is 1.26 bits per heavy atom. The number of aromatic nitrogens is 2. The molecule has 1 aromatic heterocycles. The first-order chi connectivity index (χ1) is 10.8. The second kappa shape index (κ2) is 11.3. The molecule has 0 spiro atoms. The van der Waals surface area contributed by atoms with Gasteiger partial charge in [0.05, 0.1) is 6.54 Å². The van der Waals surface area contributed by atoms with E-state index in [4.69, 9.17) is 11.6 Å². The molecule has 0 amide bonds. The van der Waals surface area contributed by atoms with Crippen LogP contribution in [0.3, 0.4) is 0 Å². The van der Waals surface area contributed by atoms with Crippen LogP contribution in [0.2, 0.25) is 5.02 Å². The molecule has 0 unspecified atom stereocenters. The smallest absolute Gasteiger partial charge is 0.191 e. The van der Waals surface area contributed by atoms with E-state index in [1.807, 2.05) is 41.2 Å². The SMILES string of the molecule is CCNC(=NCc1ccccc1Cl)NCCCn1cccn1.I. The normalized spacial score (nSPS) is 11.0. The zero-order chi connectivity index (χ0) is 15.6. The number of hydrogen-bond acceptors (Lipinski definition) is 2. The first-order valence-corrected chi connectivity index (χ1v) is 7.90. The molecule has 0 aliphatic rings. The summed E-state index contributed by atoms with van der Waals surface area (Å²) in [6.07, 6.45) is 4.75. The molecule has 0 aliphatic heterocycles. The fourth-order valence-electron chi connectivity index (χ4n) is 2.01. The number of guanidine groups is 1. The average molecular weight is 448 g/mol. The zero-order valence-corrected chi connectivity index (χ0v) is 16.3. The Balaban J connectivity index is 0.00000264. The number of halogens is 2. The molecule has 0 radical (unpaired) electrons. The first-order valence-electron chi connectivity index (χ1n) is 7.52. The molecule has 5 nitrogen and oxygen atoms in total. The quantitative estimate of drug-likeness (QED) is 0.296. The topological polar surface area (TPSA) is 54.2 Å². The van der Waals surface area contributed by atoms with Gasteiger partial charge >= 0.3 is 0 Å². The van der Waals surface area contributed by atoms with Crippen LogP contribution in [0.1, 0.15) is 18.9 Å². The van der Waals surface area contributed by atoms with Gasteiger partial charge in [-0.25, -0.2) is 4.99 Å². The summed E-state index contributed by atoms with van der Waals surface area (Å²) in [5.74, 6) is 0.808. The number of rotatable bonds is 7. The minimum absolute atomic E-state index is 0. The summed E-state index contributed by atoms with van der Waals surface area (Å²) in [7, 11) is 0. The van der Waals surface area contributed by atoms with E-state index in [2.05, 4.69) is 27.6 Å². The van der Waals surface area contributed by atoms with E-state index in [1.165, 1.54) is 0 Å². The van der Waals surface area contributed by atoms with Crippen molar-refractivity contribution in [1.29, 1.82) is 0 Å². The van der Waals surface area contributed by atoms with Gasteiger partial charge in [-0.05, 0) is 31.0 Å². The van der Waals surface area contributed by atoms with Gasteiger partial charge in [-0.2, -0.15) is 5.10 Å². The van der Waals surface area contributed by atoms with Crippen molar-refractivity contribution in [2.24, 2.45) is 4.99 Å². The van der Waals surface area contributed by atoms with Crippen LogP contribution in [0, 0.1) is 0 Å². The molecule has 0 atom stereocenters. The van der Waals surface area contributed by atoms with Gasteiger partial charge in [0.25, 0.3) is 0 Å². The molecule has 1 aromatic carbocycles. The Labute approximate surface area is 159 Å². The predicted octanol–water partition coefficient (Wildman–Crippen LogP) is 3.30. The Bertz CT molecular complexity index is 586. The van der Waals surface area contributed by atoms with Crippen LogP contribution >= 0.6 is 35.6 Å². The second-order valence-electron chi connectivity index (χ2n) is 4.84. The predicted molar refractivity (Wildman–Crippen MR) is 107 cm³/mol. The molecule has 2 rings (SSSR count). The van der Waals surface area contributed by atoms with Crippen molar-refractivity contribution >= 4 is 41.5 Å². The van der Waals surface area contributed by atoms with Gasteiger partial charge in [-0.1, -0.05) is 29.8 Å². The molecule has 1 heterocycles. The zero-order valence-electron chi connectivity index (χ0n) is 13.2. The van der Waals surface area contributed by atoms with Crippen molar-refractivity contribution in [3.63, 3.8) is 0 Å². The lowest BCUT2D eigenvalue weighted by Crippen LogP contribution is -2.38. The standard InChI is InChI=1S/C16H22ClN5.HI/c1-2-18-16(19-9-5-11-22-12-6-10-21-22)20-13-14-7-3-4-8-15(14)17;/h3-4,6-8,10,12H,2,5,9,11,13H2,1H3,(H2,18,19,20);1H. The van der Waals surface area contributed by atoms with Crippen LogP contribution in [0.4, 0.5) is 0 Å². The fraction of sp³-hybridized carbons (Fsp3) is 0.375. The summed E-state index contributed by atoms with van der Waals surface area (Å²) >= 11 is 6.15. The number of benzene rings is 1.